The number of carbonyl (C=O) groups is 1. The molecule has 3 N–H and O–H groups in total. The fourth-order valence-corrected chi connectivity index (χ4v) is 2.90. The van der Waals surface area contributed by atoms with Crippen LogP contribution in [-0.4, -0.2) is 19.0 Å². The van der Waals surface area contributed by atoms with Crippen LogP contribution in [0.1, 0.15) is 30.7 Å². The quantitative estimate of drug-likeness (QED) is 0.803. The minimum atomic E-state index is 0. The summed E-state index contributed by atoms with van der Waals surface area (Å²) in [5, 5.41) is 5.53. The lowest BCUT2D eigenvalue weighted by atomic mass is 10.0. The summed E-state index contributed by atoms with van der Waals surface area (Å²) in [6.07, 6.45) is 2.91. The van der Waals surface area contributed by atoms with Crippen LogP contribution in [-0.2, 0) is 4.79 Å². The highest BCUT2D eigenvalue weighted by Crippen LogP contribution is 2.48. The molecule has 22 heavy (non-hydrogen) atoms. The number of nitrogens with one attached hydrogen (secondary N) is 1. The number of nitrogens with two attached hydrogens (primary N) is 1. The molecule has 0 bridgehead atoms. The average Bonchev–Trinajstić information content (AvgIpc) is 3.31. The van der Waals surface area contributed by atoms with Gasteiger partial charge in [-0.25, -0.2) is 0 Å². The van der Waals surface area contributed by atoms with E-state index in [4.69, 9.17) is 5.73 Å². The van der Waals surface area contributed by atoms with E-state index in [1.54, 1.807) is 0 Å². The zero-order chi connectivity index (χ0) is 14.7. The predicted octanol–water partition coefficient (Wildman–Crippen LogP) is 3.22. The zero-order valence-electron chi connectivity index (χ0n) is 12.6. The van der Waals surface area contributed by atoms with Crippen molar-refractivity contribution in [3.05, 3.63) is 48.0 Å². The maximum atomic E-state index is 12.1. The predicted molar refractivity (Wildman–Crippen MR) is 93.3 cm³/mol. The molecule has 0 aliphatic heterocycles. The van der Waals surface area contributed by atoms with Gasteiger partial charge in [0.2, 0.25) is 5.91 Å². The van der Waals surface area contributed by atoms with Gasteiger partial charge in [0.1, 0.15) is 0 Å². The Hall–Kier alpha value is -1.58. The molecule has 4 heteroatoms. The van der Waals surface area contributed by atoms with Crippen LogP contribution in [0.3, 0.4) is 0 Å². The van der Waals surface area contributed by atoms with Gasteiger partial charge in [0.25, 0.3) is 0 Å². The summed E-state index contributed by atoms with van der Waals surface area (Å²) in [5.41, 5.74) is 6.74. The number of hydrogen-bond donors (Lipinski definition) is 2. The molecule has 2 unspecified atom stereocenters. The van der Waals surface area contributed by atoms with Crippen LogP contribution in [0.2, 0.25) is 0 Å². The molecule has 3 rings (SSSR count). The molecule has 2 aromatic carbocycles. The first-order valence-electron chi connectivity index (χ1n) is 7.76. The van der Waals surface area contributed by atoms with Crippen molar-refractivity contribution < 1.29 is 4.79 Å². The maximum absolute atomic E-state index is 12.1. The molecule has 1 aliphatic rings. The number of unbranched alkanes of at least 4 members (excludes halogenated alkanes) is 1. The maximum Gasteiger partial charge on any atom is 0.223 e. The van der Waals surface area contributed by atoms with E-state index in [9.17, 15) is 4.79 Å². The van der Waals surface area contributed by atoms with E-state index in [1.165, 1.54) is 16.3 Å². The first-order valence-corrected chi connectivity index (χ1v) is 7.76. The Kier molecular flexibility index (Phi) is 5.81. The van der Waals surface area contributed by atoms with Gasteiger partial charge in [0.05, 0.1) is 0 Å². The number of carbonyl (C=O) groups excluding carboxylic acids is 1. The fourth-order valence-electron chi connectivity index (χ4n) is 2.90. The van der Waals surface area contributed by atoms with Crippen LogP contribution < -0.4 is 11.1 Å². The summed E-state index contributed by atoms with van der Waals surface area (Å²) >= 11 is 0. The number of hydrogen-bond acceptors (Lipinski definition) is 2. The second-order valence-corrected chi connectivity index (χ2v) is 5.84. The van der Waals surface area contributed by atoms with Gasteiger partial charge in [-0.3, -0.25) is 4.79 Å². The second kappa shape index (κ2) is 7.61. The zero-order valence-corrected chi connectivity index (χ0v) is 13.4. The lowest BCUT2D eigenvalue weighted by Crippen LogP contribution is -2.26. The third kappa shape index (κ3) is 3.79. The monoisotopic (exact) mass is 318 g/mol. The third-order valence-corrected chi connectivity index (χ3v) is 4.26. The molecule has 0 aromatic heterocycles. The molecule has 1 amide bonds. The highest BCUT2D eigenvalue weighted by atomic mass is 35.5. The summed E-state index contributed by atoms with van der Waals surface area (Å²) in [5.74, 6) is 0.748. The first kappa shape index (κ1) is 16.8. The van der Waals surface area contributed by atoms with Gasteiger partial charge in [-0.2, -0.15) is 0 Å². The number of fused-ring (bicyclic) bond motifs is 1. The Bertz CT molecular complexity index is 644. The molecule has 118 valence electrons. The van der Waals surface area contributed by atoms with E-state index in [0.717, 1.165) is 25.8 Å². The summed E-state index contributed by atoms with van der Waals surface area (Å²) in [4.78, 5) is 12.1. The highest BCUT2D eigenvalue weighted by molar-refractivity contribution is 5.86. The normalized spacial score (nSPS) is 19.5. The summed E-state index contributed by atoms with van der Waals surface area (Å²) in [7, 11) is 0. The van der Waals surface area contributed by atoms with E-state index < -0.39 is 0 Å². The van der Waals surface area contributed by atoms with Crippen molar-refractivity contribution >= 4 is 29.1 Å². The highest BCUT2D eigenvalue weighted by Gasteiger charge is 2.43. The van der Waals surface area contributed by atoms with Crippen molar-refractivity contribution in [2.24, 2.45) is 11.7 Å². The van der Waals surface area contributed by atoms with Crippen LogP contribution in [0.25, 0.3) is 10.8 Å². The van der Waals surface area contributed by atoms with E-state index in [0.29, 0.717) is 12.5 Å². The van der Waals surface area contributed by atoms with Gasteiger partial charge < -0.3 is 11.1 Å². The van der Waals surface area contributed by atoms with Gasteiger partial charge in [0, 0.05) is 12.5 Å². The first-order chi connectivity index (χ1) is 10.3. The van der Waals surface area contributed by atoms with Crippen LogP contribution in [0.4, 0.5) is 0 Å². The Morgan fingerprint density at radius 3 is 2.68 bits per heavy atom. The summed E-state index contributed by atoms with van der Waals surface area (Å²) in [6.45, 7) is 1.44. The number of halogens is 1. The standard InChI is InChI=1S/C18H22N2O.ClH/c19-9-3-4-10-20-18(21)17-12-16(17)15-8-7-13-5-1-2-6-14(13)11-15;/h1-2,5-8,11,16-17H,3-4,9-10,12,19H2,(H,20,21);1H. The van der Waals surface area contributed by atoms with Crippen molar-refractivity contribution in [3.63, 3.8) is 0 Å². The van der Waals surface area contributed by atoms with Crippen molar-refractivity contribution in [2.75, 3.05) is 13.1 Å². The molecule has 3 nitrogen and oxygen atoms in total. The van der Waals surface area contributed by atoms with Crippen LogP contribution in [0.15, 0.2) is 42.5 Å². The Morgan fingerprint density at radius 1 is 1.14 bits per heavy atom. The van der Waals surface area contributed by atoms with Crippen molar-refractivity contribution in [1.82, 2.24) is 5.32 Å². The van der Waals surface area contributed by atoms with Gasteiger partial charge in [-0.1, -0.05) is 42.5 Å². The van der Waals surface area contributed by atoms with E-state index in [2.05, 4.69) is 47.8 Å². The van der Waals surface area contributed by atoms with E-state index >= 15 is 0 Å². The molecule has 2 atom stereocenters. The van der Waals surface area contributed by atoms with E-state index in [1.807, 2.05) is 0 Å². The number of rotatable bonds is 6. The SMILES string of the molecule is Cl.NCCCCNC(=O)C1CC1c1ccc2ccccc2c1. The molecule has 1 aliphatic carbocycles. The van der Waals surface area contributed by atoms with Crippen molar-refractivity contribution in [2.45, 2.75) is 25.2 Å². The summed E-state index contributed by atoms with van der Waals surface area (Å²) < 4.78 is 0. The van der Waals surface area contributed by atoms with E-state index in [-0.39, 0.29) is 24.2 Å². The van der Waals surface area contributed by atoms with Gasteiger partial charge in [0.15, 0.2) is 0 Å². The van der Waals surface area contributed by atoms with Crippen LogP contribution >= 0.6 is 12.4 Å². The molecular formula is C18H23ClN2O. The lowest BCUT2D eigenvalue weighted by molar-refractivity contribution is -0.122. The van der Waals surface area contributed by atoms with Crippen LogP contribution in [0.5, 0.6) is 0 Å². The Balaban J connectivity index is 0.00000176. The Morgan fingerprint density at radius 2 is 1.91 bits per heavy atom. The number of amides is 1. The van der Waals surface area contributed by atoms with Gasteiger partial charge in [-0.15, -0.1) is 12.4 Å². The molecule has 0 radical (unpaired) electrons. The molecule has 2 aromatic rings. The minimum Gasteiger partial charge on any atom is -0.356 e. The van der Waals surface area contributed by atoms with Gasteiger partial charge >= 0.3 is 0 Å². The molecule has 0 saturated heterocycles. The number of benzene rings is 2. The molecule has 0 heterocycles. The van der Waals surface area contributed by atoms with Gasteiger partial charge in [-0.05, 0) is 48.1 Å². The molecule has 1 fully saturated rings. The summed E-state index contributed by atoms with van der Waals surface area (Å²) in [6, 6.07) is 14.9. The molecule has 0 spiro atoms. The minimum absolute atomic E-state index is 0. The smallest absolute Gasteiger partial charge is 0.223 e. The fraction of sp³-hybridized carbons (Fsp3) is 0.389. The Labute approximate surface area is 137 Å². The van der Waals surface area contributed by atoms with Crippen LogP contribution in [0, 0.1) is 5.92 Å². The van der Waals surface area contributed by atoms with Crippen molar-refractivity contribution in [1.29, 1.82) is 0 Å². The lowest BCUT2D eigenvalue weighted by Gasteiger charge is -2.05. The molecule has 1 saturated carbocycles. The molecular weight excluding hydrogens is 296 g/mol. The average molecular weight is 319 g/mol. The third-order valence-electron chi connectivity index (χ3n) is 4.26. The second-order valence-electron chi connectivity index (χ2n) is 5.84. The van der Waals surface area contributed by atoms with Crippen molar-refractivity contribution in [3.8, 4) is 0 Å². The largest absolute Gasteiger partial charge is 0.356 e. The topological polar surface area (TPSA) is 55.1 Å².